The zero-order valence-corrected chi connectivity index (χ0v) is 14.4. The van der Waals surface area contributed by atoms with Crippen LogP contribution in [0.2, 0.25) is 0 Å². The summed E-state index contributed by atoms with van der Waals surface area (Å²) >= 11 is 0. The molecular formula is C18H24FN5O. The average molecular weight is 345 g/mol. The minimum Gasteiger partial charge on any atom is -0.369 e. The van der Waals surface area contributed by atoms with Crippen molar-refractivity contribution in [2.75, 3.05) is 17.3 Å². The molecule has 0 spiro atoms. The number of benzene rings is 1. The highest BCUT2D eigenvalue weighted by molar-refractivity contribution is 5.89. The van der Waals surface area contributed by atoms with Gasteiger partial charge < -0.3 is 15.5 Å². The maximum Gasteiger partial charge on any atom is 0.319 e. The van der Waals surface area contributed by atoms with Gasteiger partial charge in [0.05, 0.1) is 11.9 Å². The Bertz CT molecular complexity index is 697. The molecule has 0 bridgehead atoms. The third kappa shape index (κ3) is 4.49. The zero-order valence-electron chi connectivity index (χ0n) is 14.4. The highest BCUT2D eigenvalue weighted by Gasteiger charge is 2.20. The first-order valence-electron chi connectivity index (χ1n) is 8.68. The molecule has 6 nitrogen and oxygen atoms in total. The molecule has 3 N–H and O–H groups in total. The number of urea groups is 1. The number of aromatic nitrogens is 2. The summed E-state index contributed by atoms with van der Waals surface area (Å²) in [5, 5.41) is 11.8. The van der Waals surface area contributed by atoms with E-state index in [2.05, 4.69) is 20.8 Å². The van der Waals surface area contributed by atoms with Crippen LogP contribution in [0.15, 0.2) is 30.6 Å². The Morgan fingerprint density at radius 3 is 2.84 bits per heavy atom. The predicted molar refractivity (Wildman–Crippen MR) is 96.1 cm³/mol. The molecule has 25 heavy (non-hydrogen) atoms. The SMILES string of the molecule is CN(c1ccc(NC(=O)NCc2cn[nH]c2)cc1F)C1CCCCC1. The van der Waals surface area contributed by atoms with Crippen LogP contribution in [0.3, 0.4) is 0 Å². The third-order valence-corrected chi connectivity index (χ3v) is 4.72. The van der Waals surface area contributed by atoms with Crippen LogP contribution in [-0.2, 0) is 6.54 Å². The lowest BCUT2D eigenvalue weighted by molar-refractivity contribution is 0.251. The van der Waals surface area contributed by atoms with E-state index >= 15 is 0 Å². The van der Waals surface area contributed by atoms with Crippen molar-refractivity contribution in [1.29, 1.82) is 0 Å². The second-order valence-electron chi connectivity index (χ2n) is 6.48. The van der Waals surface area contributed by atoms with Crippen LogP contribution >= 0.6 is 0 Å². The quantitative estimate of drug-likeness (QED) is 0.775. The lowest BCUT2D eigenvalue weighted by atomic mass is 9.94. The molecule has 1 aromatic carbocycles. The highest BCUT2D eigenvalue weighted by atomic mass is 19.1. The first-order chi connectivity index (χ1) is 12.1. The van der Waals surface area contributed by atoms with Crippen LogP contribution < -0.4 is 15.5 Å². The molecular weight excluding hydrogens is 321 g/mol. The van der Waals surface area contributed by atoms with Crippen molar-refractivity contribution in [2.45, 2.75) is 44.7 Å². The second-order valence-corrected chi connectivity index (χ2v) is 6.48. The van der Waals surface area contributed by atoms with Crippen molar-refractivity contribution in [3.05, 3.63) is 42.0 Å². The minimum absolute atomic E-state index is 0.319. The maximum absolute atomic E-state index is 14.5. The van der Waals surface area contributed by atoms with Gasteiger partial charge in [-0.2, -0.15) is 5.10 Å². The minimum atomic E-state index is -0.381. The first kappa shape index (κ1) is 17.3. The monoisotopic (exact) mass is 345 g/mol. The van der Waals surface area contributed by atoms with E-state index < -0.39 is 0 Å². The van der Waals surface area contributed by atoms with Crippen molar-refractivity contribution in [3.8, 4) is 0 Å². The van der Waals surface area contributed by atoms with Crippen LogP contribution in [0.1, 0.15) is 37.7 Å². The molecule has 2 amide bonds. The van der Waals surface area contributed by atoms with Crippen LogP contribution in [-0.4, -0.2) is 29.3 Å². The molecule has 1 heterocycles. The van der Waals surface area contributed by atoms with Gasteiger partial charge in [0.1, 0.15) is 5.82 Å². The van der Waals surface area contributed by atoms with E-state index in [9.17, 15) is 9.18 Å². The molecule has 1 fully saturated rings. The molecule has 7 heteroatoms. The average Bonchev–Trinajstić information content (AvgIpc) is 3.14. The van der Waals surface area contributed by atoms with Gasteiger partial charge in [-0.25, -0.2) is 9.18 Å². The fourth-order valence-electron chi connectivity index (χ4n) is 3.27. The van der Waals surface area contributed by atoms with Gasteiger partial charge in [0.25, 0.3) is 0 Å². The van der Waals surface area contributed by atoms with Crippen molar-refractivity contribution >= 4 is 17.4 Å². The largest absolute Gasteiger partial charge is 0.369 e. The van der Waals surface area contributed by atoms with Gasteiger partial charge in [-0.05, 0) is 31.0 Å². The van der Waals surface area contributed by atoms with Gasteiger partial charge in [0.15, 0.2) is 0 Å². The van der Waals surface area contributed by atoms with E-state index in [1.165, 1.54) is 25.3 Å². The number of halogens is 1. The van der Waals surface area contributed by atoms with E-state index in [1.54, 1.807) is 24.5 Å². The molecule has 1 aliphatic rings. The van der Waals surface area contributed by atoms with Crippen LogP contribution in [0.4, 0.5) is 20.6 Å². The number of carbonyl (C=O) groups is 1. The molecule has 2 aromatic rings. The van der Waals surface area contributed by atoms with Crippen molar-refractivity contribution in [1.82, 2.24) is 15.5 Å². The number of H-pyrrole nitrogens is 1. The summed E-state index contributed by atoms with van der Waals surface area (Å²) in [5.41, 5.74) is 1.88. The topological polar surface area (TPSA) is 73.1 Å². The summed E-state index contributed by atoms with van der Waals surface area (Å²) in [6.07, 6.45) is 9.22. The fourth-order valence-corrected chi connectivity index (χ4v) is 3.27. The molecule has 1 saturated carbocycles. The summed E-state index contributed by atoms with van der Waals surface area (Å²) < 4.78 is 14.5. The lowest BCUT2D eigenvalue weighted by Crippen LogP contribution is -2.34. The number of hydrogen-bond acceptors (Lipinski definition) is 3. The summed E-state index contributed by atoms with van der Waals surface area (Å²) in [6, 6.07) is 4.84. The molecule has 3 rings (SSSR count). The second kappa shape index (κ2) is 8.00. The van der Waals surface area contributed by atoms with E-state index in [-0.39, 0.29) is 11.8 Å². The van der Waals surface area contributed by atoms with Crippen molar-refractivity contribution in [2.24, 2.45) is 0 Å². The Morgan fingerprint density at radius 1 is 1.36 bits per heavy atom. The number of amides is 2. The predicted octanol–water partition coefficient (Wildman–Crippen LogP) is 3.64. The van der Waals surface area contributed by atoms with Crippen LogP contribution in [0.25, 0.3) is 0 Å². The number of nitrogens with one attached hydrogen (secondary N) is 3. The van der Waals surface area contributed by atoms with E-state index in [4.69, 9.17) is 0 Å². The normalized spacial score (nSPS) is 15.0. The van der Waals surface area contributed by atoms with Gasteiger partial charge in [0.2, 0.25) is 0 Å². The standard InChI is InChI=1S/C18H24FN5O/c1-24(15-5-3-2-4-6-15)17-8-7-14(9-16(17)19)23-18(25)20-10-13-11-21-22-12-13/h7-9,11-12,15H,2-6,10H2,1H3,(H,21,22)(H2,20,23,25). The summed E-state index contributed by atoms with van der Waals surface area (Å²) in [7, 11) is 1.94. The number of aromatic amines is 1. The number of hydrogen-bond donors (Lipinski definition) is 3. The van der Waals surface area contributed by atoms with Crippen molar-refractivity contribution < 1.29 is 9.18 Å². The Balaban J connectivity index is 1.58. The Kier molecular flexibility index (Phi) is 5.53. The summed E-state index contributed by atoms with van der Waals surface area (Å²) in [6.45, 7) is 0.354. The zero-order chi connectivity index (χ0) is 17.6. The van der Waals surface area contributed by atoms with Crippen molar-refractivity contribution in [3.63, 3.8) is 0 Å². The molecule has 0 aliphatic heterocycles. The summed E-state index contributed by atoms with van der Waals surface area (Å²) in [5.74, 6) is -0.319. The number of rotatable bonds is 5. The number of carbonyl (C=O) groups excluding carboxylic acids is 1. The molecule has 134 valence electrons. The van der Waals surface area contributed by atoms with Gasteiger partial charge in [-0.15, -0.1) is 0 Å². The smallest absolute Gasteiger partial charge is 0.319 e. The van der Waals surface area contributed by atoms with Gasteiger partial charge in [-0.3, -0.25) is 5.10 Å². The van der Waals surface area contributed by atoms with E-state index in [0.29, 0.717) is 24.0 Å². The summed E-state index contributed by atoms with van der Waals surface area (Å²) in [4.78, 5) is 13.9. The first-order valence-corrected chi connectivity index (χ1v) is 8.68. The molecule has 1 aromatic heterocycles. The molecule has 0 radical (unpaired) electrons. The molecule has 0 atom stereocenters. The van der Waals surface area contributed by atoms with Crippen LogP contribution in [0, 0.1) is 5.82 Å². The fraction of sp³-hybridized carbons (Fsp3) is 0.444. The molecule has 0 unspecified atom stereocenters. The highest BCUT2D eigenvalue weighted by Crippen LogP contribution is 2.29. The lowest BCUT2D eigenvalue weighted by Gasteiger charge is -2.33. The van der Waals surface area contributed by atoms with Gasteiger partial charge >= 0.3 is 6.03 Å². The molecule has 1 aliphatic carbocycles. The Hall–Kier alpha value is -2.57. The Labute approximate surface area is 146 Å². The Morgan fingerprint density at radius 2 is 2.16 bits per heavy atom. The van der Waals surface area contributed by atoms with E-state index in [1.807, 2.05) is 11.9 Å². The number of anilines is 2. The third-order valence-electron chi connectivity index (χ3n) is 4.72. The van der Waals surface area contributed by atoms with Gasteiger partial charge in [-0.1, -0.05) is 19.3 Å². The molecule has 0 saturated heterocycles. The van der Waals surface area contributed by atoms with Crippen LogP contribution in [0.5, 0.6) is 0 Å². The van der Waals surface area contributed by atoms with E-state index in [0.717, 1.165) is 18.4 Å². The number of nitrogens with zero attached hydrogens (tertiary/aromatic N) is 2. The maximum atomic E-state index is 14.5. The van der Waals surface area contributed by atoms with Gasteiger partial charge in [0, 0.05) is 37.1 Å².